The molecule has 11 heteroatoms. The Balaban J connectivity index is 1.54. The van der Waals surface area contributed by atoms with E-state index in [1.54, 1.807) is 6.07 Å². The first-order valence-corrected chi connectivity index (χ1v) is 11.0. The van der Waals surface area contributed by atoms with Gasteiger partial charge in [0.2, 0.25) is 0 Å². The minimum Gasteiger partial charge on any atom is -0.397 e. The van der Waals surface area contributed by atoms with Crippen molar-refractivity contribution in [3.63, 3.8) is 0 Å². The fourth-order valence-electron chi connectivity index (χ4n) is 4.02. The molecule has 1 aliphatic carbocycles. The van der Waals surface area contributed by atoms with Gasteiger partial charge in [-0.1, -0.05) is 23.2 Å². The van der Waals surface area contributed by atoms with Crippen LogP contribution in [0.5, 0.6) is 0 Å². The third kappa shape index (κ3) is 5.42. The zero-order chi connectivity index (χ0) is 23.8. The zero-order valence-corrected chi connectivity index (χ0v) is 18.7. The topological polar surface area (TPSA) is 92.9 Å². The van der Waals surface area contributed by atoms with Gasteiger partial charge in [0.15, 0.2) is 0 Å². The van der Waals surface area contributed by atoms with Crippen LogP contribution in [-0.2, 0) is 6.18 Å². The molecule has 0 aliphatic heterocycles. The van der Waals surface area contributed by atoms with E-state index in [1.165, 1.54) is 24.4 Å². The monoisotopic (exact) mass is 497 g/mol. The van der Waals surface area contributed by atoms with Crippen molar-refractivity contribution in [2.24, 2.45) is 0 Å². The van der Waals surface area contributed by atoms with Crippen LogP contribution in [0.4, 0.5) is 24.5 Å². The molecule has 4 N–H and O–H groups in total. The van der Waals surface area contributed by atoms with Gasteiger partial charge in [-0.15, -0.1) is 0 Å². The lowest BCUT2D eigenvalue weighted by Gasteiger charge is -2.31. The van der Waals surface area contributed by atoms with Gasteiger partial charge in [-0.2, -0.15) is 13.2 Å². The Labute approximate surface area is 197 Å². The van der Waals surface area contributed by atoms with Crippen molar-refractivity contribution < 1.29 is 18.0 Å². The number of carbonyl (C=O) groups excluding carboxylic acids is 1. The summed E-state index contributed by atoms with van der Waals surface area (Å²) in [5.41, 5.74) is 5.71. The number of nitrogens with one attached hydrogen (secondary N) is 2. The van der Waals surface area contributed by atoms with Gasteiger partial charge in [0.1, 0.15) is 10.8 Å². The molecule has 2 atom stereocenters. The number of carbonyl (C=O) groups is 1. The summed E-state index contributed by atoms with van der Waals surface area (Å²) in [5.74, 6) is -0.397. The second kappa shape index (κ2) is 9.23. The number of aromatic nitrogens is 2. The number of amides is 1. The van der Waals surface area contributed by atoms with Crippen LogP contribution in [0.1, 0.15) is 41.7 Å². The molecular formula is C22H20Cl2F3N5O. The number of hydrogen-bond donors (Lipinski definition) is 3. The first-order valence-electron chi connectivity index (χ1n) is 10.3. The number of anilines is 2. The molecule has 0 radical (unpaired) electrons. The van der Waals surface area contributed by atoms with Gasteiger partial charge in [0, 0.05) is 28.2 Å². The van der Waals surface area contributed by atoms with E-state index in [1.807, 2.05) is 0 Å². The molecular weight excluding hydrogens is 478 g/mol. The van der Waals surface area contributed by atoms with Crippen LogP contribution in [0.3, 0.4) is 0 Å². The number of nitrogens with zero attached hydrogens (tertiary/aromatic N) is 2. The minimum absolute atomic E-state index is 0.0481. The standard InChI is InChI=1S/C22H20Cl2F3N5O/c23-11-4-5-17-15(6-11)18(9-19(32-17)22(25,26)27)30-13-2-1-3-14(8-13)31-21(33)16-7-12(28)10-29-20(16)24/h4-7,9-10,13-14H,1-3,8,28H2,(H,30,32)(H,31,33)/t13-,14+/m0/s1. The van der Waals surface area contributed by atoms with Crippen molar-refractivity contribution in [2.45, 2.75) is 43.9 Å². The number of rotatable bonds is 4. The summed E-state index contributed by atoms with van der Waals surface area (Å²) < 4.78 is 40.2. The van der Waals surface area contributed by atoms with E-state index in [0.29, 0.717) is 28.2 Å². The molecule has 1 saturated carbocycles. The Morgan fingerprint density at radius 2 is 1.88 bits per heavy atom. The molecule has 0 bridgehead atoms. The molecule has 0 spiro atoms. The van der Waals surface area contributed by atoms with Gasteiger partial charge in [0.05, 0.1) is 23.0 Å². The first-order chi connectivity index (χ1) is 15.6. The van der Waals surface area contributed by atoms with Gasteiger partial charge in [-0.25, -0.2) is 9.97 Å². The summed E-state index contributed by atoms with van der Waals surface area (Å²) in [4.78, 5) is 20.3. The Kier molecular flexibility index (Phi) is 6.54. The fraction of sp³-hybridized carbons (Fsp3) is 0.318. The number of benzene rings is 1. The number of fused-ring (bicyclic) bond motifs is 1. The molecule has 2 heterocycles. The van der Waals surface area contributed by atoms with Crippen LogP contribution in [0.2, 0.25) is 10.2 Å². The molecule has 1 aromatic carbocycles. The number of nitrogen functional groups attached to an aromatic ring is 1. The highest BCUT2D eigenvalue weighted by Gasteiger charge is 2.34. The van der Waals surface area contributed by atoms with Crippen molar-refractivity contribution in [3.8, 4) is 0 Å². The fourth-order valence-corrected chi connectivity index (χ4v) is 4.38. The molecule has 1 fully saturated rings. The van der Waals surface area contributed by atoms with Gasteiger partial charge >= 0.3 is 6.18 Å². The van der Waals surface area contributed by atoms with E-state index in [2.05, 4.69) is 20.6 Å². The highest BCUT2D eigenvalue weighted by molar-refractivity contribution is 6.32. The van der Waals surface area contributed by atoms with Crippen molar-refractivity contribution >= 4 is 51.4 Å². The maximum atomic E-state index is 13.4. The maximum Gasteiger partial charge on any atom is 0.433 e. The molecule has 6 nitrogen and oxygen atoms in total. The second-order valence-corrected chi connectivity index (χ2v) is 8.79. The van der Waals surface area contributed by atoms with Crippen LogP contribution in [-0.4, -0.2) is 28.0 Å². The summed E-state index contributed by atoms with van der Waals surface area (Å²) in [6.45, 7) is 0. The Bertz CT molecular complexity index is 1200. The molecule has 33 heavy (non-hydrogen) atoms. The highest BCUT2D eigenvalue weighted by Crippen LogP contribution is 2.35. The third-order valence-corrected chi connectivity index (χ3v) is 6.07. The van der Waals surface area contributed by atoms with E-state index in [0.717, 1.165) is 25.3 Å². The van der Waals surface area contributed by atoms with Gasteiger partial charge < -0.3 is 16.4 Å². The van der Waals surface area contributed by atoms with E-state index in [-0.39, 0.29) is 28.3 Å². The smallest absolute Gasteiger partial charge is 0.397 e. The van der Waals surface area contributed by atoms with Crippen molar-refractivity contribution in [2.75, 3.05) is 11.1 Å². The summed E-state index contributed by atoms with van der Waals surface area (Å²) in [6.07, 6.45) is -0.461. The zero-order valence-electron chi connectivity index (χ0n) is 17.2. The molecule has 0 unspecified atom stereocenters. The highest BCUT2D eigenvalue weighted by atomic mass is 35.5. The summed E-state index contributed by atoms with van der Waals surface area (Å²) in [7, 11) is 0. The SMILES string of the molecule is Nc1cnc(Cl)c(C(=O)N[C@@H]2CCC[C@H](Nc3cc(C(F)(F)F)nc4ccc(Cl)cc34)C2)c1. The van der Waals surface area contributed by atoms with Gasteiger partial charge in [-0.3, -0.25) is 4.79 Å². The number of hydrogen-bond acceptors (Lipinski definition) is 5. The number of halogens is 5. The van der Waals surface area contributed by atoms with Gasteiger partial charge in [0.25, 0.3) is 5.91 Å². The maximum absolute atomic E-state index is 13.4. The lowest BCUT2D eigenvalue weighted by atomic mass is 9.90. The number of pyridine rings is 2. The number of alkyl halides is 3. The molecule has 0 saturated heterocycles. The molecule has 4 rings (SSSR count). The minimum atomic E-state index is -4.59. The van der Waals surface area contributed by atoms with Crippen molar-refractivity contribution in [1.29, 1.82) is 0 Å². The molecule has 2 aromatic heterocycles. The summed E-state index contributed by atoms with van der Waals surface area (Å²) in [5, 5.41) is 7.09. The second-order valence-electron chi connectivity index (χ2n) is 8.00. The predicted octanol–water partition coefficient (Wildman–Crippen LogP) is 5.69. The molecule has 1 amide bonds. The Morgan fingerprint density at radius 3 is 2.64 bits per heavy atom. The summed E-state index contributed by atoms with van der Waals surface area (Å²) in [6, 6.07) is 6.65. The van der Waals surface area contributed by atoms with Crippen LogP contribution >= 0.6 is 23.2 Å². The van der Waals surface area contributed by atoms with Crippen molar-refractivity contribution in [1.82, 2.24) is 15.3 Å². The van der Waals surface area contributed by atoms with E-state index >= 15 is 0 Å². The van der Waals surface area contributed by atoms with E-state index in [9.17, 15) is 18.0 Å². The Morgan fingerprint density at radius 1 is 1.12 bits per heavy atom. The van der Waals surface area contributed by atoms with Crippen molar-refractivity contribution in [3.05, 3.63) is 58.0 Å². The summed E-state index contributed by atoms with van der Waals surface area (Å²) >= 11 is 12.1. The van der Waals surface area contributed by atoms with E-state index < -0.39 is 17.8 Å². The predicted molar refractivity (Wildman–Crippen MR) is 123 cm³/mol. The lowest BCUT2D eigenvalue weighted by Crippen LogP contribution is -2.42. The van der Waals surface area contributed by atoms with Crippen LogP contribution < -0.4 is 16.4 Å². The average Bonchev–Trinajstić information content (AvgIpc) is 2.75. The van der Waals surface area contributed by atoms with Crippen LogP contribution in [0, 0.1) is 0 Å². The largest absolute Gasteiger partial charge is 0.433 e. The molecule has 1 aliphatic rings. The molecule has 3 aromatic rings. The van der Waals surface area contributed by atoms with Crippen LogP contribution in [0.15, 0.2) is 36.5 Å². The number of nitrogens with two attached hydrogens (primary N) is 1. The average molecular weight is 498 g/mol. The lowest BCUT2D eigenvalue weighted by molar-refractivity contribution is -0.140. The normalized spacial score (nSPS) is 18.8. The van der Waals surface area contributed by atoms with Gasteiger partial charge in [-0.05, 0) is 56.0 Å². The quantitative estimate of drug-likeness (QED) is 0.402. The van der Waals surface area contributed by atoms with Crippen LogP contribution in [0.25, 0.3) is 10.9 Å². The molecule has 174 valence electrons. The van der Waals surface area contributed by atoms with E-state index in [4.69, 9.17) is 28.9 Å². The first kappa shape index (κ1) is 23.4. The third-order valence-electron chi connectivity index (χ3n) is 5.54. The Hall–Kier alpha value is -2.78.